The van der Waals surface area contributed by atoms with Crippen LogP contribution in [0.1, 0.15) is 27.7 Å². The van der Waals surface area contributed by atoms with Gasteiger partial charge >= 0.3 is 5.97 Å². The highest BCUT2D eigenvalue weighted by Gasteiger charge is 2.02. The van der Waals surface area contributed by atoms with E-state index >= 15 is 0 Å². The number of rotatable bonds is 3. The topological polar surface area (TPSA) is 55.4 Å². The van der Waals surface area contributed by atoms with E-state index in [0.717, 1.165) is 0 Å². The molecule has 4 heteroatoms. The van der Waals surface area contributed by atoms with Gasteiger partial charge in [0.25, 0.3) is 0 Å². The van der Waals surface area contributed by atoms with Gasteiger partial charge < -0.3 is 10.1 Å². The van der Waals surface area contributed by atoms with Crippen LogP contribution in [0.3, 0.4) is 0 Å². The SMILES string of the molecule is CC(=O)NC(C)=CC(=O)OC(C)C. The molecule has 0 aliphatic carbocycles. The first-order valence-corrected chi connectivity index (χ1v) is 4.08. The summed E-state index contributed by atoms with van der Waals surface area (Å²) in [6, 6.07) is 0. The molecule has 0 saturated carbocycles. The summed E-state index contributed by atoms with van der Waals surface area (Å²) in [5.41, 5.74) is 0.484. The van der Waals surface area contributed by atoms with E-state index in [0.29, 0.717) is 5.70 Å². The van der Waals surface area contributed by atoms with Crippen molar-refractivity contribution in [3.63, 3.8) is 0 Å². The van der Waals surface area contributed by atoms with Gasteiger partial charge in [-0.25, -0.2) is 4.79 Å². The second-order valence-electron chi connectivity index (χ2n) is 2.99. The summed E-state index contributed by atoms with van der Waals surface area (Å²) in [4.78, 5) is 21.5. The van der Waals surface area contributed by atoms with Crippen LogP contribution < -0.4 is 5.32 Å². The van der Waals surface area contributed by atoms with Crippen molar-refractivity contribution in [1.82, 2.24) is 5.32 Å². The summed E-state index contributed by atoms with van der Waals surface area (Å²) in [5.74, 6) is -0.646. The van der Waals surface area contributed by atoms with Crippen LogP contribution in [-0.2, 0) is 14.3 Å². The number of hydrogen-bond donors (Lipinski definition) is 1. The van der Waals surface area contributed by atoms with Gasteiger partial charge in [-0.05, 0) is 20.8 Å². The molecular formula is C9H15NO3. The fourth-order valence-corrected chi connectivity index (χ4v) is 0.757. The zero-order valence-electron chi connectivity index (χ0n) is 8.38. The number of amides is 1. The number of nitrogens with one attached hydrogen (secondary N) is 1. The Hall–Kier alpha value is -1.32. The summed E-state index contributed by atoms with van der Waals surface area (Å²) >= 11 is 0. The Balaban J connectivity index is 4.06. The second kappa shape index (κ2) is 5.35. The molecule has 0 saturated heterocycles. The number of carbonyl (C=O) groups excluding carboxylic acids is 2. The fourth-order valence-electron chi connectivity index (χ4n) is 0.757. The first kappa shape index (κ1) is 11.7. The number of ether oxygens (including phenoxy) is 1. The van der Waals surface area contributed by atoms with Crippen molar-refractivity contribution in [2.75, 3.05) is 0 Å². The highest BCUT2D eigenvalue weighted by molar-refractivity contribution is 5.84. The maximum atomic E-state index is 11.0. The van der Waals surface area contributed by atoms with Crippen molar-refractivity contribution >= 4 is 11.9 Å². The van der Waals surface area contributed by atoms with Crippen LogP contribution >= 0.6 is 0 Å². The maximum absolute atomic E-state index is 11.0. The molecule has 0 atom stereocenters. The highest BCUT2D eigenvalue weighted by Crippen LogP contribution is 1.93. The summed E-state index contributed by atoms with van der Waals surface area (Å²) < 4.78 is 4.84. The van der Waals surface area contributed by atoms with Gasteiger partial charge in [0.1, 0.15) is 0 Å². The molecule has 0 aromatic rings. The van der Waals surface area contributed by atoms with E-state index in [9.17, 15) is 9.59 Å². The Kier molecular flexibility index (Phi) is 4.80. The smallest absolute Gasteiger partial charge is 0.332 e. The average Bonchev–Trinajstić information content (AvgIpc) is 1.80. The normalized spacial score (nSPS) is 11.3. The lowest BCUT2D eigenvalue weighted by Gasteiger charge is -2.05. The molecule has 4 nitrogen and oxygen atoms in total. The number of allylic oxidation sites excluding steroid dienone is 1. The molecule has 0 radical (unpaired) electrons. The molecule has 0 aromatic carbocycles. The van der Waals surface area contributed by atoms with Crippen LogP contribution in [0.5, 0.6) is 0 Å². The van der Waals surface area contributed by atoms with Crippen molar-refractivity contribution in [3.8, 4) is 0 Å². The van der Waals surface area contributed by atoms with Crippen LogP contribution in [0.2, 0.25) is 0 Å². The third-order valence-corrected chi connectivity index (χ3v) is 1.06. The van der Waals surface area contributed by atoms with Gasteiger partial charge in [-0.3, -0.25) is 4.79 Å². The van der Waals surface area contributed by atoms with Crippen molar-refractivity contribution in [2.45, 2.75) is 33.8 Å². The van der Waals surface area contributed by atoms with E-state index in [1.807, 2.05) is 0 Å². The third-order valence-electron chi connectivity index (χ3n) is 1.06. The lowest BCUT2D eigenvalue weighted by molar-refractivity contribution is -0.141. The van der Waals surface area contributed by atoms with Crippen LogP contribution in [-0.4, -0.2) is 18.0 Å². The molecule has 0 rings (SSSR count). The summed E-state index contributed by atoms with van der Waals surface area (Å²) in [6.45, 7) is 6.53. The monoisotopic (exact) mass is 185 g/mol. The molecule has 0 aromatic heterocycles. The van der Waals surface area contributed by atoms with Gasteiger partial charge in [0, 0.05) is 18.7 Å². The van der Waals surface area contributed by atoms with Crippen molar-refractivity contribution < 1.29 is 14.3 Å². The highest BCUT2D eigenvalue weighted by atomic mass is 16.5. The van der Waals surface area contributed by atoms with Gasteiger partial charge in [0.05, 0.1) is 6.10 Å². The van der Waals surface area contributed by atoms with Gasteiger partial charge in [-0.1, -0.05) is 0 Å². The van der Waals surface area contributed by atoms with E-state index in [-0.39, 0.29) is 12.0 Å². The first-order valence-electron chi connectivity index (χ1n) is 4.08. The Morgan fingerprint density at radius 1 is 1.31 bits per heavy atom. The minimum Gasteiger partial charge on any atom is -0.460 e. The van der Waals surface area contributed by atoms with Gasteiger partial charge in [0.2, 0.25) is 5.91 Å². The summed E-state index contributed by atoms with van der Waals surface area (Å²) in [7, 11) is 0. The largest absolute Gasteiger partial charge is 0.460 e. The van der Waals surface area contributed by atoms with E-state index in [2.05, 4.69) is 5.32 Å². The zero-order valence-corrected chi connectivity index (χ0v) is 8.38. The first-order chi connectivity index (χ1) is 5.91. The Morgan fingerprint density at radius 2 is 1.85 bits per heavy atom. The Bertz CT molecular complexity index is 231. The molecule has 74 valence electrons. The van der Waals surface area contributed by atoms with Gasteiger partial charge in [-0.2, -0.15) is 0 Å². The van der Waals surface area contributed by atoms with E-state index in [4.69, 9.17) is 4.74 Å². The molecule has 0 unspecified atom stereocenters. The molecule has 0 aliphatic rings. The van der Waals surface area contributed by atoms with Gasteiger partial charge in [0.15, 0.2) is 0 Å². The lowest BCUT2D eigenvalue weighted by atomic mass is 10.4. The molecule has 0 heterocycles. The zero-order chi connectivity index (χ0) is 10.4. The molecule has 0 aliphatic heterocycles. The summed E-state index contributed by atoms with van der Waals surface area (Å²) in [5, 5.41) is 2.47. The Morgan fingerprint density at radius 3 is 2.23 bits per heavy atom. The van der Waals surface area contributed by atoms with Crippen molar-refractivity contribution in [1.29, 1.82) is 0 Å². The number of esters is 1. The van der Waals surface area contributed by atoms with E-state index < -0.39 is 5.97 Å². The third kappa shape index (κ3) is 7.05. The quantitative estimate of drug-likeness (QED) is 0.526. The minimum atomic E-state index is -0.443. The average molecular weight is 185 g/mol. The number of carbonyl (C=O) groups is 2. The molecule has 1 N–H and O–H groups in total. The number of hydrogen-bond acceptors (Lipinski definition) is 3. The van der Waals surface area contributed by atoms with E-state index in [1.165, 1.54) is 13.0 Å². The molecular weight excluding hydrogens is 170 g/mol. The molecule has 0 fully saturated rings. The molecule has 0 bridgehead atoms. The predicted octanol–water partition coefficient (Wildman–Crippen LogP) is 0.978. The standard InChI is InChI=1S/C9H15NO3/c1-6(2)13-9(12)5-7(3)10-8(4)11/h5-6H,1-4H3,(H,10,11). The van der Waals surface area contributed by atoms with Crippen LogP contribution in [0, 0.1) is 0 Å². The minimum absolute atomic E-state index is 0.145. The van der Waals surface area contributed by atoms with E-state index in [1.54, 1.807) is 20.8 Å². The second-order valence-corrected chi connectivity index (χ2v) is 2.99. The van der Waals surface area contributed by atoms with Crippen LogP contribution in [0.4, 0.5) is 0 Å². The van der Waals surface area contributed by atoms with Gasteiger partial charge in [-0.15, -0.1) is 0 Å². The fraction of sp³-hybridized carbons (Fsp3) is 0.556. The maximum Gasteiger partial charge on any atom is 0.332 e. The van der Waals surface area contributed by atoms with Crippen LogP contribution in [0.15, 0.2) is 11.8 Å². The summed E-state index contributed by atoms with van der Waals surface area (Å²) in [6.07, 6.45) is 1.11. The van der Waals surface area contributed by atoms with Crippen molar-refractivity contribution in [2.24, 2.45) is 0 Å². The molecule has 0 spiro atoms. The van der Waals surface area contributed by atoms with Crippen LogP contribution in [0.25, 0.3) is 0 Å². The predicted molar refractivity (Wildman–Crippen MR) is 48.8 cm³/mol. The Labute approximate surface area is 78.0 Å². The molecule has 13 heavy (non-hydrogen) atoms. The van der Waals surface area contributed by atoms with Crippen molar-refractivity contribution in [3.05, 3.63) is 11.8 Å². The lowest BCUT2D eigenvalue weighted by Crippen LogP contribution is -2.19. The molecule has 1 amide bonds.